The number of fused-ring (bicyclic) bond motifs is 2. The van der Waals surface area contributed by atoms with Crippen molar-refractivity contribution >= 4 is 45.5 Å². The molecule has 6 rings (SSSR count). The van der Waals surface area contributed by atoms with Crippen molar-refractivity contribution in [2.45, 2.75) is 26.1 Å². The molecule has 11 nitrogen and oxygen atoms in total. The third kappa shape index (κ3) is 4.88. The van der Waals surface area contributed by atoms with Crippen molar-refractivity contribution in [2.24, 2.45) is 7.05 Å². The molecule has 0 amide bonds. The maximum atomic E-state index is 14.4. The van der Waals surface area contributed by atoms with Gasteiger partial charge >= 0.3 is 5.97 Å². The highest BCUT2D eigenvalue weighted by atomic mass is 19.1. The molecule has 5 aromatic rings. The van der Waals surface area contributed by atoms with Crippen LogP contribution in [0.15, 0.2) is 55.2 Å². The standard InChI is InChI=1S/C27H25FN8O3/c1-15-8-17(4-7-23(15)39-18-5-6-22-20(9-18)32-14-35(22)3)33-26-25-21(30-13-31-26)10-29-27(34-25)36-11-19(28)24(12-36)38-16(2)37/h4-10,13-14,19,24H,11-12H2,1-3H3,(H,30,31,33). The van der Waals surface area contributed by atoms with Crippen molar-refractivity contribution in [2.75, 3.05) is 23.3 Å². The van der Waals surface area contributed by atoms with E-state index in [1.165, 1.54) is 13.3 Å². The van der Waals surface area contributed by atoms with Crippen molar-refractivity contribution in [1.29, 1.82) is 0 Å². The number of hydrogen-bond acceptors (Lipinski definition) is 10. The Hall–Kier alpha value is -4.87. The molecule has 1 aliphatic heterocycles. The lowest BCUT2D eigenvalue weighted by Crippen LogP contribution is -2.27. The zero-order chi connectivity index (χ0) is 27.1. The molecule has 0 aliphatic carbocycles. The minimum Gasteiger partial charge on any atom is -0.457 e. The first-order chi connectivity index (χ1) is 18.8. The number of esters is 1. The smallest absolute Gasteiger partial charge is 0.303 e. The van der Waals surface area contributed by atoms with Crippen LogP contribution in [-0.4, -0.2) is 60.8 Å². The molecular weight excluding hydrogens is 503 g/mol. The second-order valence-corrected chi connectivity index (χ2v) is 9.41. The third-order valence-corrected chi connectivity index (χ3v) is 6.53. The topological polar surface area (TPSA) is 120 Å². The Labute approximate surface area is 222 Å². The molecule has 1 N–H and O–H groups in total. The number of carbonyl (C=O) groups excluding carboxylic acids is 1. The van der Waals surface area contributed by atoms with Crippen LogP contribution in [0.25, 0.3) is 22.1 Å². The molecule has 0 bridgehead atoms. The van der Waals surface area contributed by atoms with Crippen LogP contribution >= 0.6 is 0 Å². The van der Waals surface area contributed by atoms with E-state index in [0.717, 1.165) is 22.3 Å². The molecule has 0 radical (unpaired) electrons. The number of carbonyl (C=O) groups is 1. The third-order valence-electron chi connectivity index (χ3n) is 6.53. The van der Waals surface area contributed by atoms with Crippen LogP contribution in [0.1, 0.15) is 12.5 Å². The molecule has 39 heavy (non-hydrogen) atoms. The summed E-state index contributed by atoms with van der Waals surface area (Å²) in [6, 6.07) is 11.5. The summed E-state index contributed by atoms with van der Waals surface area (Å²) in [5.74, 6) is 1.67. The Kier molecular flexibility index (Phi) is 6.14. The summed E-state index contributed by atoms with van der Waals surface area (Å²) in [6.07, 6.45) is 2.58. The molecule has 2 unspecified atom stereocenters. The molecule has 2 atom stereocenters. The predicted molar refractivity (Wildman–Crippen MR) is 143 cm³/mol. The summed E-state index contributed by atoms with van der Waals surface area (Å²) in [5, 5.41) is 3.30. The first-order valence-corrected chi connectivity index (χ1v) is 12.3. The molecule has 12 heteroatoms. The molecule has 4 heterocycles. The maximum Gasteiger partial charge on any atom is 0.303 e. The molecule has 0 saturated carbocycles. The molecule has 1 aliphatic rings. The van der Waals surface area contributed by atoms with E-state index in [9.17, 15) is 9.18 Å². The van der Waals surface area contributed by atoms with Gasteiger partial charge in [0.25, 0.3) is 0 Å². The van der Waals surface area contributed by atoms with Crippen molar-refractivity contribution in [3.05, 3.63) is 60.8 Å². The number of ether oxygens (including phenoxy) is 2. The van der Waals surface area contributed by atoms with E-state index >= 15 is 0 Å². The number of nitrogens with zero attached hydrogens (tertiary/aromatic N) is 7. The molecule has 1 fully saturated rings. The fourth-order valence-electron chi connectivity index (χ4n) is 4.60. The highest BCUT2D eigenvalue weighted by molar-refractivity contribution is 5.87. The molecule has 2 aromatic carbocycles. The van der Waals surface area contributed by atoms with E-state index in [2.05, 4.69) is 30.2 Å². The van der Waals surface area contributed by atoms with E-state index in [4.69, 9.17) is 9.47 Å². The summed E-state index contributed by atoms with van der Waals surface area (Å²) in [4.78, 5) is 34.9. The quantitative estimate of drug-likeness (QED) is 0.320. The van der Waals surface area contributed by atoms with E-state index < -0.39 is 18.2 Å². The van der Waals surface area contributed by atoms with Crippen molar-refractivity contribution in [3.63, 3.8) is 0 Å². The van der Waals surface area contributed by atoms with Gasteiger partial charge in [-0.25, -0.2) is 29.3 Å². The van der Waals surface area contributed by atoms with Gasteiger partial charge in [-0.05, 0) is 42.8 Å². The van der Waals surface area contributed by atoms with Crippen LogP contribution in [0.3, 0.4) is 0 Å². The molecule has 0 spiro atoms. The number of benzene rings is 2. The Morgan fingerprint density at radius 3 is 2.77 bits per heavy atom. The second kappa shape index (κ2) is 9.78. The normalized spacial score (nSPS) is 17.1. The SMILES string of the molecule is CC(=O)OC1CN(c2ncc3ncnc(Nc4ccc(Oc5ccc6c(c5)ncn6C)c(C)c4)c3n2)CC1F. The van der Waals surface area contributed by atoms with Gasteiger partial charge in [-0.2, -0.15) is 0 Å². The average molecular weight is 529 g/mol. The fourth-order valence-corrected chi connectivity index (χ4v) is 4.60. The zero-order valence-corrected chi connectivity index (χ0v) is 21.5. The lowest BCUT2D eigenvalue weighted by molar-refractivity contribution is -0.147. The van der Waals surface area contributed by atoms with Crippen molar-refractivity contribution in [3.8, 4) is 11.5 Å². The molecular formula is C27H25FN8O3. The van der Waals surface area contributed by atoms with Crippen LogP contribution in [0.2, 0.25) is 0 Å². The number of anilines is 3. The van der Waals surface area contributed by atoms with Gasteiger partial charge < -0.3 is 24.3 Å². The van der Waals surface area contributed by atoms with E-state index in [1.54, 1.807) is 17.4 Å². The van der Waals surface area contributed by atoms with Crippen molar-refractivity contribution < 1.29 is 18.7 Å². The first-order valence-electron chi connectivity index (χ1n) is 12.3. The van der Waals surface area contributed by atoms with Crippen molar-refractivity contribution in [1.82, 2.24) is 29.5 Å². The Balaban J connectivity index is 1.22. The van der Waals surface area contributed by atoms with Crippen LogP contribution in [0, 0.1) is 6.92 Å². The average Bonchev–Trinajstić information content (AvgIpc) is 3.47. The first kappa shape index (κ1) is 24.5. The van der Waals surface area contributed by atoms with Gasteiger partial charge in [-0.15, -0.1) is 0 Å². The van der Waals surface area contributed by atoms with Crippen LogP contribution in [-0.2, 0) is 16.6 Å². The van der Waals surface area contributed by atoms with Gasteiger partial charge in [0.1, 0.15) is 28.9 Å². The minimum atomic E-state index is -1.33. The number of alkyl halides is 1. The summed E-state index contributed by atoms with van der Waals surface area (Å²) < 4.78 is 27.6. The Morgan fingerprint density at radius 1 is 1.08 bits per heavy atom. The highest BCUT2D eigenvalue weighted by Crippen LogP contribution is 2.31. The van der Waals surface area contributed by atoms with E-state index in [1.807, 2.05) is 54.9 Å². The highest BCUT2D eigenvalue weighted by Gasteiger charge is 2.36. The molecule has 1 saturated heterocycles. The number of rotatable bonds is 6. The Bertz CT molecular complexity index is 1710. The molecule has 3 aromatic heterocycles. The van der Waals surface area contributed by atoms with Crippen LogP contribution in [0.5, 0.6) is 11.5 Å². The van der Waals surface area contributed by atoms with Gasteiger partial charge in [-0.3, -0.25) is 4.79 Å². The van der Waals surface area contributed by atoms with Gasteiger partial charge in [0, 0.05) is 25.7 Å². The maximum absolute atomic E-state index is 14.4. The lowest BCUT2D eigenvalue weighted by atomic mass is 10.2. The fraction of sp³-hybridized carbons (Fsp3) is 0.259. The summed E-state index contributed by atoms with van der Waals surface area (Å²) in [6.45, 7) is 3.40. The Morgan fingerprint density at radius 2 is 1.95 bits per heavy atom. The number of halogens is 1. The number of hydrogen-bond donors (Lipinski definition) is 1. The lowest BCUT2D eigenvalue weighted by Gasteiger charge is -2.16. The van der Waals surface area contributed by atoms with Gasteiger partial charge in [0.15, 0.2) is 18.1 Å². The number of aromatic nitrogens is 6. The number of nitrogens with one attached hydrogen (secondary N) is 1. The zero-order valence-electron chi connectivity index (χ0n) is 21.5. The number of imidazole rings is 1. The van der Waals surface area contributed by atoms with Gasteiger partial charge in [0.2, 0.25) is 5.95 Å². The molecule has 198 valence electrons. The largest absolute Gasteiger partial charge is 0.457 e. The summed E-state index contributed by atoms with van der Waals surface area (Å²) in [5.41, 5.74) is 4.60. The van der Waals surface area contributed by atoms with Gasteiger partial charge in [-0.1, -0.05) is 0 Å². The van der Waals surface area contributed by atoms with Gasteiger partial charge in [0.05, 0.1) is 36.6 Å². The summed E-state index contributed by atoms with van der Waals surface area (Å²) >= 11 is 0. The second-order valence-electron chi connectivity index (χ2n) is 9.41. The van der Waals surface area contributed by atoms with E-state index in [0.29, 0.717) is 34.3 Å². The summed E-state index contributed by atoms with van der Waals surface area (Å²) in [7, 11) is 1.95. The predicted octanol–water partition coefficient (Wildman–Crippen LogP) is 4.24. The minimum absolute atomic E-state index is 0.0217. The van der Waals surface area contributed by atoms with Crippen LogP contribution in [0.4, 0.5) is 21.8 Å². The monoisotopic (exact) mass is 528 g/mol. The van der Waals surface area contributed by atoms with E-state index in [-0.39, 0.29) is 13.1 Å². The van der Waals surface area contributed by atoms with Crippen LogP contribution < -0.4 is 15.0 Å². The number of aryl methyl sites for hydroxylation is 2.